The van der Waals surface area contributed by atoms with Gasteiger partial charge in [0.15, 0.2) is 0 Å². The number of carbonyl (C=O) groups excluding carboxylic acids is 1. The SMILES string of the molecule is CCN(CC)CCCN(CCC#N)C(=O)C(C)Cl. The van der Waals surface area contributed by atoms with Gasteiger partial charge in [0.05, 0.1) is 12.5 Å². The monoisotopic (exact) mass is 273 g/mol. The van der Waals surface area contributed by atoms with Gasteiger partial charge in [-0.25, -0.2) is 0 Å². The number of nitriles is 1. The normalized spacial score (nSPS) is 12.2. The van der Waals surface area contributed by atoms with Crippen LogP contribution in [-0.2, 0) is 4.79 Å². The molecule has 0 saturated heterocycles. The van der Waals surface area contributed by atoms with Crippen molar-refractivity contribution in [2.24, 2.45) is 0 Å². The van der Waals surface area contributed by atoms with Crippen molar-refractivity contribution in [2.45, 2.75) is 39.0 Å². The van der Waals surface area contributed by atoms with E-state index in [0.29, 0.717) is 19.5 Å². The molecular formula is C13H24ClN3O. The maximum absolute atomic E-state index is 11.8. The molecular weight excluding hydrogens is 250 g/mol. The molecule has 0 radical (unpaired) electrons. The summed E-state index contributed by atoms with van der Waals surface area (Å²) >= 11 is 5.81. The molecule has 0 aliphatic carbocycles. The maximum atomic E-state index is 11.8. The molecule has 1 amide bonds. The number of alkyl halides is 1. The Morgan fingerprint density at radius 2 is 1.89 bits per heavy atom. The highest BCUT2D eigenvalue weighted by Gasteiger charge is 2.17. The van der Waals surface area contributed by atoms with Crippen molar-refractivity contribution in [2.75, 3.05) is 32.7 Å². The van der Waals surface area contributed by atoms with Crippen molar-refractivity contribution < 1.29 is 4.79 Å². The average Bonchev–Trinajstić information content (AvgIpc) is 2.37. The van der Waals surface area contributed by atoms with Crippen molar-refractivity contribution in [3.05, 3.63) is 0 Å². The largest absolute Gasteiger partial charge is 0.340 e. The standard InChI is InChI=1S/C13H24ClN3O/c1-4-16(5-2)9-7-11-17(10-6-8-15)13(18)12(3)14/h12H,4-7,9-11H2,1-3H3. The molecule has 0 aromatic carbocycles. The molecule has 0 rings (SSSR count). The highest BCUT2D eigenvalue weighted by Crippen LogP contribution is 2.04. The first-order chi connectivity index (χ1) is 8.56. The lowest BCUT2D eigenvalue weighted by atomic mass is 10.3. The number of hydrogen-bond acceptors (Lipinski definition) is 3. The lowest BCUT2D eigenvalue weighted by Gasteiger charge is -2.25. The number of amides is 1. The van der Waals surface area contributed by atoms with Crippen LogP contribution in [0.25, 0.3) is 0 Å². The van der Waals surface area contributed by atoms with E-state index in [2.05, 4.69) is 24.8 Å². The van der Waals surface area contributed by atoms with Crippen LogP contribution in [0.5, 0.6) is 0 Å². The van der Waals surface area contributed by atoms with Gasteiger partial charge < -0.3 is 9.80 Å². The fraction of sp³-hybridized carbons (Fsp3) is 0.846. The minimum Gasteiger partial charge on any atom is -0.340 e. The Kier molecular flexibility index (Phi) is 9.72. The van der Waals surface area contributed by atoms with Gasteiger partial charge >= 0.3 is 0 Å². The van der Waals surface area contributed by atoms with E-state index in [1.807, 2.05) is 0 Å². The summed E-state index contributed by atoms with van der Waals surface area (Å²) in [6, 6.07) is 2.07. The molecule has 0 spiro atoms. The summed E-state index contributed by atoms with van der Waals surface area (Å²) in [6.45, 7) is 10.1. The predicted molar refractivity (Wildman–Crippen MR) is 74.5 cm³/mol. The van der Waals surface area contributed by atoms with Gasteiger partial charge in [0.25, 0.3) is 0 Å². The Morgan fingerprint density at radius 1 is 1.28 bits per heavy atom. The lowest BCUT2D eigenvalue weighted by Crippen LogP contribution is -2.38. The van der Waals surface area contributed by atoms with E-state index in [-0.39, 0.29) is 5.91 Å². The number of rotatable bonds is 9. The van der Waals surface area contributed by atoms with Crippen molar-refractivity contribution >= 4 is 17.5 Å². The van der Waals surface area contributed by atoms with Crippen LogP contribution < -0.4 is 0 Å². The zero-order chi connectivity index (χ0) is 14.0. The molecule has 0 aliphatic heterocycles. The molecule has 0 N–H and O–H groups in total. The number of carbonyl (C=O) groups is 1. The summed E-state index contributed by atoms with van der Waals surface area (Å²) in [5.41, 5.74) is 0. The van der Waals surface area contributed by atoms with E-state index in [4.69, 9.17) is 16.9 Å². The molecule has 0 bridgehead atoms. The van der Waals surface area contributed by atoms with Gasteiger partial charge in [-0.1, -0.05) is 13.8 Å². The van der Waals surface area contributed by atoms with Gasteiger partial charge in [0, 0.05) is 13.1 Å². The van der Waals surface area contributed by atoms with E-state index in [9.17, 15) is 4.79 Å². The number of hydrogen-bond donors (Lipinski definition) is 0. The van der Waals surface area contributed by atoms with Gasteiger partial charge in [-0.15, -0.1) is 11.6 Å². The minimum atomic E-state index is -0.517. The van der Waals surface area contributed by atoms with Crippen molar-refractivity contribution in [3.63, 3.8) is 0 Å². The number of nitrogens with zero attached hydrogens (tertiary/aromatic N) is 3. The van der Waals surface area contributed by atoms with Crippen LogP contribution in [0.3, 0.4) is 0 Å². The van der Waals surface area contributed by atoms with Crippen molar-refractivity contribution in [1.29, 1.82) is 5.26 Å². The van der Waals surface area contributed by atoms with Crippen molar-refractivity contribution in [1.82, 2.24) is 9.80 Å². The summed E-state index contributed by atoms with van der Waals surface area (Å²) in [4.78, 5) is 15.8. The zero-order valence-corrected chi connectivity index (χ0v) is 12.4. The molecule has 1 unspecified atom stereocenters. The molecule has 0 aromatic rings. The fourth-order valence-electron chi connectivity index (χ4n) is 1.79. The molecule has 5 heteroatoms. The Labute approximate surface area is 115 Å². The zero-order valence-electron chi connectivity index (χ0n) is 11.7. The molecule has 0 fully saturated rings. The summed E-state index contributed by atoms with van der Waals surface area (Å²) < 4.78 is 0. The van der Waals surface area contributed by atoms with Crippen LogP contribution in [0.1, 0.15) is 33.6 Å². The van der Waals surface area contributed by atoms with Crippen LogP contribution in [0.2, 0.25) is 0 Å². The minimum absolute atomic E-state index is 0.0773. The topological polar surface area (TPSA) is 47.3 Å². The lowest BCUT2D eigenvalue weighted by molar-refractivity contribution is -0.130. The quantitative estimate of drug-likeness (QED) is 0.605. The van der Waals surface area contributed by atoms with Crippen molar-refractivity contribution in [3.8, 4) is 6.07 Å². The molecule has 18 heavy (non-hydrogen) atoms. The molecule has 0 aliphatic rings. The van der Waals surface area contributed by atoms with E-state index in [0.717, 1.165) is 26.1 Å². The van der Waals surface area contributed by atoms with Crippen LogP contribution in [0.15, 0.2) is 0 Å². The first-order valence-electron chi connectivity index (χ1n) is 6.58. The third kappa shape index (κ3) is 6.83. The highest BCUT2D eigenvalue weighted by molar-refractivity contribution is 6.30. The third-order valence-electron chi connectivity index (χ3n) is 2.94. The van der Waals surface area contributed by atoms with Gasteiger partial charge in [-0.05, 0) is 33.0 Å². The van der Waals surface area contributed by atoms with E-state index in [1.165, 1.54) is 0 Å². The summed E-state index contributed by atoms with van der Waals surface area (Å²) in [7, 11) is 0. The highest BCUT2D eigenvalue weighted by atomic mass is 35.5. The molecule has 4 nitrogen and oxygen atoms in total. The Morgan fingerprint density at radius 3 is 2.33 bits per heavy atom. The second-order valence-electron chi connectivity index (χ2n) is 4.23. The first kappa shape index (κ1) is 17.2. The van der Waals surface area contributed by atoms with Crippen LogP contribution in [0.4, 0.5) is 0 Å². The Hall–Kier alpha value is -0.790. The second-order valence-corrected chi connectivity index (χ2v) is 4.88. The molecule has 0 saturated carbocycles. The summed E-state index contributed by atoms with van der Waals surface area (Å²) in [6.07, 6.45) is 1.28. The third-order valence-corrected chi connectivity index (χ3v) is 3.13. The fourth-order valence-corrected chi connectivity index (χ4v) is 1.93. The first-order valence-corrected chi connectivity index (χ1v) is 7.02. The molecule has 0 heterocycles. The second kappa shape index (κ2) is 10.2. The van der Waals surface area contributed by atoms with Crippen LogP contribution in [-0.4, -0.2) is 53.8 Å². The smallest absolute Gasteiger partial charge is 0.240 e. The molecule has 1 atom stereocenters. The van der Waals surface area contributed by atoms with E-state index >= 15 is 0 Å². The summed E-state index contributed by atoms with van der Waals surface area (Å²) in [5, 5.41) is 8.08. The van der Waals surface area contributed by atoms with Gasteiger partial charge in [0.2, 0.25) is 5.91 Å². The predicted octanol–water partition coefficient (Wildman–Crippen LogP) is 2.09. The average molecular weight is 274 g/mol. The van der Waals surface area contributed by atoms with Gasteiger partial charge in [-0.3, -0.25) is 4.79 Å². The van der Waals surface area contributed by atoms with Gasteiger partial charge in [0.1, 0.15) is 5.38 Å². The maximum Gasteiger partial charge on any atom is 0.240 e. The van der Waals surface area contributed by atoms with Crippen LogP contribution >= 0.6 is 11.6 Å². The van der Waals surface area contributed by atoms with Crippen LogP contribution in [0, 0.1) is 11.3 Å². The number of halogens is 1. The molecule has 0 aromatic heterocycles. The Balaban J connectivity index is 4.16. The Bertz CT molecular complexity index is 272. The van der Waals surface area contributed by atoms with E-state index in [1.54, 1.807) is 11.8 Å². The summed E-state index contributed by atoms with van der Waals surface area (Å²) in [5.74, 6) is -0.0773. The van der Waals surface area contributed by atoms with E-state index < -0.39 is 5.38 Å². The van der Waals surface area contributed by atoms with Gasteiger partial charge in [-0.2, -0.15) is 5.26 Å². The molecule has 104 valence electrons.